The Morgan fingerprint density at radius 1 is 1.14 bits per heavy atom. The SMILES string of the molecule is O=S(=O)(Nc1ncns1)c1cc(Cl)c(OCc2cccc3ccccc23)cc1F. The van der Waals surface area contributed by atoms with Gasteiger partial charge in [-0.1, -0.05) is 54.1 Å². The van der Waals surface area contributed by atoms with Gasteiger partial charge in [-0.2, -0.15) is 4.37 Å². The molecule has 0 aliphatic heterocycles. The van der Waals surface area contributed by atoms with Crippen molar-refractivity contribution in [1.82, 2.24) is 9.36 Å². The Labute approximate surface area is 175 Å². The van der Waals surface area contributed by atoms with Crippen LogP contribution in [0.1, 0.15) is 5.56 Å². The van der Waals surface area contributed by atoms with Gasteiger partial charge in [0.25, 0.3) is 10.0 Å². The Balaban J connectivity index is 1.59. The highest BCUT2D eigenvalue weighted by Crippen LogP contribution is 2.32. The number of hydrogen-bond donors (Lipinski definition) is 1. The van der Waals surface area contributed by atoms with Gasteiger partial charge >= 0.3 is 0 Å². The Hall–Kier alpha value is -2.75. The highest BCUT2D eigenvalue weighted by Gasteiger charge is 2.23. The molecule has 0 fully saturated rings. The molecule has 148 valence electrons. The van der Waals surface area contributed by atoms with Gasteiger partial charge in [0.2, 0.25) is 5.13 Å². The van der Waals surface area contributed by atoms with E-state index in [0.29, 0.717) is 0 Å². The van der Waals surface area contributed by atoms with E-state index in [-0.39, 0.29) is 22.5 Å². The van der Waals surface area contributed by atoms with E-state index in [1.807, 2.05) is 42.5 Å². The fourth-order valence-corrected chi connectivity index (χ4v) is 4.82. The van der Waals surface area contributed by atoms with Crippen molar-refractivity contribution in [2.75, 3.05) is 4.72 Å². The van der Waals surface area contributed by atoms with E-state index < -0.39 is 20.7 Å². The summed E-state index contributed by atoms with van der Waals surface area (Å²) in [5.41, 5.74) is 0.897. The number of benzene rings is 3. The molecule has 0 saturated carbocycles. The summed E-state index contributed by atoms with van der Waals surface area (Å²) in [7, 11) is -4.21. The van der Waals surface area contributed by atoms with Crippen LogP contribution in [0.5, 0.6) is 5.75 Å². The summed E-state index contributed by atoms with van der Waals surface area (Å²) < 4.78 is 50.9. The number of anilines is 1. The molecule has 29 heavy (non-hydrogen) atoms. The average Bonchev–Trinajstić information content (AvgIpc) is 3.20. The summed E-state index contributed by atoms with van der Waals surface area (Å²) in [6.45, 7) is 0.148. The minimum Gasteiger partial charge on any atom is -0.487 e. The van der Waals surface area contributed by atoms with E-state index in [1.165, 1.54) is 6.33 Å². The molecule has 1 aromatic heterocycles. The van der Waals surface area contributed by atoms with Gasteiger partial charge in [-0.15, -0.1) is 0 Å². The molecule has 0 unspecified atom stereocenters. The molecule has 0 saturated heterocycles. The minimum absolute atomic E-state index is 0.0238. The van der Waals surface area contributed by atoms with Crippen LogP contribution in [0.15, 0.2) is 65.8 Å². The number of nitrogens with one attached hydrogen (secondary N) is 1. The molecule has 0 amide bonds. The van der Waals surface area contributed by atoms with Crippen LogP contribution in [0.3, 0.4) is 0 Å². The molecule has 0 atom stereocenters. The first-order chi connectivity index (χ1) is 13.9. The third-order valence-corrected chi connectivity index (χ3v) is 6.48. The second kappa shape index (κ2) is 7.94. The monoisotopic (exact) mass is 449 g/mol. The lowest BCUT2D eigenvalue weighted by molar-refractivity contribution is 0.305. The summed E-state index contributed by atoms with van der Waals surface area (Å²) >= 11 is 7.00. The summed E-state index contributed by atoms with van der Waals surface area (Å²) in [5, 5.41) is 2.06. The zero-order valence-electron chi connectivity index (χ0n) is 14.7. The maximum absolute atomic E-state index is 14.5. The summed E-state index contributed by atoms with van der Waals surface area (Å²) in [6, 6.07) is 15.6. The summed E-state index contributed by atoms with van der Waals surface area (Å²) in [6.07, 6.45) is 1.19. The fourth-order valence-electron chi connectivity index (χ4n) is 2.79. The van der Waals surface area contributed by atoms with Crippen molar-refractivity contribution in [3.8, 4) is 5.75 Å². The molecular formula is C19H13ClFN3O3S2. The van der Waals surface area contributed by atoms with E-state index in [0.717, 1.165) is 40.0 Å². The van der Waals surface area contributed by atoms with E-state index in [4.69, 9.17) is 16.3 Å². The number of hydrogen-bond acceptors (Lipinski definition) is 6. The molecule has 0 spiro atoms. The maximum Gasteiger partial charge on any atom is 0.266 e. The molecule has 10 heteroatoms. The third-order valence-electron chi connectivity index (χ3n) is 4.12. The van der Waals surface area contributed by atoms with Crippen molar-refractivity contribution in [1.29, 1.82) is 0 Å². The van der Waals surface area contributed by atoms with Crippen LogP contribution in [0, 0.1) is 5.82 Å². The Morgan fingerprint density at radius 2 is 1.93 bits per heavy atom. The minimum atomic E-state index is -4.21. The van der Waals surface area contributed by atoms with Crippen molar-refractivity contribution in [3.63, 3.8) is 0 Å². The van der Waals surface area contributed by atoms with Crippen LogP contribution >= 0.6 is 23.1 Å². The number of nitrogens with zero attached hydrogens (tertiary/aromatic N) is 2. The average molecular weight is 450 g/mol. The van der Waals surface area contributed by atoms with Gasteiger partial charge in [-0.25, -0.2) is 17.8 Å². The number of sulfonamides is 1. The normalized spacial score (nSPS) is 11.5. The number of ether oxygens (including phenoxy) is 1. The topological polar surface area (TPSA) is 81.2 Å². The molecule has 1 N–H and O–H groups in total. The second-order valence-corrected chi connectivity index (χ2v) is 8.83. The zero-order valence-corrected chi connectivity index (χ0v) is 17.1. The van der Waals surface area contributed by atoms with Crippen molar-refractivity contribution >= 4 is 49.1 Å². The molecule has 0 radical (unpaired) electrons. The van der Waals surface area contributed by atoms with Crippen LogP contribution in [0.4, 0.5) is 9.52 Å². The standard InChI is InChI=1S/C19H13ClFN3O3S2/c20-15-8-18(29(25,26)24-19-22-11-23-28-19)16(21)9-17(15)27-10-13-6-3-5-12-4-1-2-7-14(12)13/h1-9,11H,10H2,(H,22,23,24). The maximum atomic E-state index is 14.5. The molecule has 0 aliphatic rings. The number of rotatable bonds is 6. The van der Waals surface area contributed by atoms with Gasteiger partial charge in [0.05, 0.1) is 5.02 Å². The van der Waals surface area contributed by atoms with Gasteiger partial charge in [-0.05, 0) is 22.4 Å². The smallest absolute Gasteiger partial charge is 0.266 e. The molecular weight excluding hydrogens is 437 g/mol. The van der Waals surface area contributed by atoms with Crippen LogP contribution < -0.4 is 9.46 Å². The number of aromatic nitrogens is 2. The molecule has 6 nitrogen and oxygen atoms in total. The predicted molar refractivity (Wildman–Crippen MR) is 110 cm³/mol. The Morgan fingerprint density at radius 3 is 2.72 bits per heavy atom. The largest absolute Gasteiger partial charge is 0.487 e. The van der Waals surface area contributed by atoms with Crippen molar-refractivity contribution in [2.45, 2.75) is 11.5 Å². The van der Waals surface area contributed by atoms with Crippen LogP contribution in [-0.4, -0.2) is 17.8 Å². The van der Waals surface area contributed by atoms with Gasteiger partial charge in [0, 0.05) is 17.6 Å². The van der Waals surface area contributed by atoms with Crippen molar-refractivity contribution in [2.24, 2.45) is 0 Å². The predicted octanol–water partition coefficient (Wildman–Crippen LogP) is 4.86. The van der Waals surface area contributed by atoms with E-state index in [1.54, 1.807) is 0 Å². The highest BCUT2D eigenvalue weighted by molar-refractivity contribution is 7.93. The Kier molecular flexibility index (Phi) is 5.35. The lowest BCUT2D eigenvalue weighted by Gasteiger charge is -2.12. The fraction of sp³-hybridized carbons (Fsp3) is 0.0526. The summed E-state index contributed by atoms with van der Waals surface area (Å²) in [5.74, 6) is -0.939. The molecule has 4 aromatic rings. The number of halogens is 2. The van der Waals surface area contributed by atoms with Gasteiger partial charge in [0.15, 0.2) is 0 Å². The highest BCUT2D eigenvalue weighted by atomic mass is 35.5. The first-order valence-electron chi connectivity index (χ1n) is 8.32. The Bertz CT molecular complexity index is 1280. The lowest BCUT2D eigenvalue weighted by Crippen LogP contribution is -2.14. The first-order valence-corrected chi connectivity index (χ1v) is 11.0. The molecule has 4 rings (SSSR count). The zero-order chi connectivity index (χ0) is 20.4. The van der Waals surface area contributed by atoms with Gasteiger partial charge < -0.3 is 4.74 Å². The van der Waals surface area contributed by atoms with Crippen LogP contribution in [0.25, 0.3) is 10.8 Å². The summed E-state index contributed by atoms with van der Waals surface area (Å²) in [4.78, 5) is 3.12. The first kappa shape index (κ1) is 19.6. The third kappa shape index (κ3) is 4.16. The van der Waals surface area contributed by atoms with E-state index >= 15 is 0 Å². The molecule has 3 aromatic carbocycles. The molecule has 1 heterocycles. The molecule has 0 bridgehead atoms. The molecule has 0 aliphatic carbocycles. The van der Waals surface area contributed by atoms with Crippen molar-refractivity contribution < 1.29 is 17.5 Å². The van der Waals surface area contributed by atoms with Gasteiger partial charge in [-0.3, -0.25) is 4.72 Å². The van der Waals surface area contributed by atoms with Crippen molar-refractivity contribution in [3.05, 3.63) is 77.3 Å². The second-order valence-electron chi connectivity index (χ2n) is 5.99. The number of fused-ring (bicyclic) bond motifs is 1. The lowest BCUT2D eigenvalue weighted by atomic mass is 10.1. The van der Waals surface area contributed by atoms with E-state index in [2.05, 4.69) is 14.1 Å². The van der Waals surface area contributed by atoms with Crippen LogP contribution in [0.2, 0.25) is 5.02 Å². The van der Waals surface area contributed by atoms with E-state index in [9.17, 15) is 12.8 Å². The quantitative estimate of drug-likeness (QED) is 0.454. The van der Waals surface area contributed by atoms with Crippen LogP contribution in [-0.2, 0) is 16.6 Å². The van der Waals surface area contributed by atoms with Gasteiger partial charge in [0.1, 0.15) is 29.4 Å².